The Labute approximate surface area is 167 Å². The number of carbonyl (C=O) groups is 2. The highest BCUT2D eigenvalue weighted by Gasteiger charge is 2.26. The molecule has 1 atom stereocenters. The molecule has 0 spiro atoms. The van der Waals surface area contributed by atoms with E-state index >= 15 is 0 Å². The SMILES string of the molecule is CCC(=O)Nc1ccc(N(C)C)c(CN(C(=O)c2ccco2)C(C)C(C)C)c1. The quantitative estimate of drug-likeness (QED) is 0.732. The van der Waals surface area contributed by atoms with Crippen LogP contribution in [-0.4, -0.2) is 36.9 Å². The van der Waals surface area contributed by atoms with Gasteiger partial charge >= 0.3 is 0 Å². The van der Waals surface area contributed by atoms with Crippen LogP contribution >= 0.6 is 0 Å². The average molecular weight is 386 g/mol. The van der Waals surface area contributed by atoms with Gasteiger partial charge in [0, 0.05) is 44.5 Å². The maximum atomic E-state index is 13.1. The molecule has 1 aromatic carbocycles. The Hall–Kier alpha value is -2.76. The molecule has 0 aliphatic carbocycles. The Morgan fingerprint density at radius 3 is 2.39 bits per heavy atom. The average Bonchev–Trinajstić information content (AvgIpc) is 3.19. The van der Waals surface area contributed by atoms with Crippen LogP contribution in [0.3, 0.4) is 0 Å². The molecule has 0 fully saturated rings. The van der Waals surface area contributed by atoms with Crippen LogP contribution in [0.1, 0.15) is 50.2 Å². The molecular formula is C22H31N3O3. The number of nitrogens with one attached hydrogen (secondary N) is 1. The minimum atomic E-state index is -0.140. The van der Waals surface area contributed by atoms with Crippen molar-refractivity contribution in [2.45, 2.75) is 46.7 Å². The van der Waals surface area contributed by atoms with Crippen molar-refractivity contribution in [1.29, 1.82) is 0 Å². The van der Waals surface area contributed by atoms with Crippen molar-refractivity contribution < 1.29 is 14.0 Å². The fourth-order valence-corrected chi connectivity index (χ4v) is 2.96. The van der Waals surface area contributed by atoms with Gasteiger partial charge in [-0.1, -0.05) is 20.8 Å². The van der Waals surface area contributed by atoms with Crippen molar-refractivity contribution in [2.75, 3.05) is 24.3 Å². The molecule has 1 heterocycles. The third kappa shape index (κ3) is 5.15. The normalized spacial score (nSPS) is 12.0. The number of benzene rings is 1. The van der Waals surface area contributed by atoms with E-state index in [1.54, 1.807) is 12.1 Å². The number of furan rings is 1. The standard InChI is InChI=1S/C22H31N3O3/c1-7-21(26)23-18-10-11-19(24(5)6)17(13-18)14-25(16(4)15(2)3)22(27)20-9-8-12-28-20/h8-13,15-16H,7,14H2,1-6H3,(H,23,26). The molecule has 28 heavy (non-hydrogen) atoms. The summed E-state index contributed by atoms with van der Waals surface area (Å²) in [4.78, 5) is 28.7. The third-order valence-electron chi connectivity index (χ3n) is 4.96. The molecule has 6 heteroatoms. The molecule has 1 unspecified atom stereocenters. The van der Waals surface area contributed by atoms with Crippen molar-refractivity contribution in [2.24, 2.45) is 5.92 Å². The number of amides is 2. The number of rotatable bonds is 8. The number of carbonyl (C=O) groups excluding carboxylic acids is 2. The van der Waals surface area contributed by atoms with Crippen molar-refractivity contribution in [3.05, 3.63) is 47.9 Å². The molecule has 2 aromatic rings. The Kier molecular flexibility index (Phi) is 7.26. The highest BCUT2D eigenvalue weighted by atomic mass is 16.3. The Morgan fingerprint density at radius 2 is 1.86 bits per heavy atom. The number of hydrogen-bond acceptors (Lipinski definition) is 4. The van der Waals surface area contributed by atoms with Gasteiger partial charge in [0.15, 0.2) is 5.76 Å². The van der Waals surface area contributed by atoms with Gasteiger partial charge in [0.25, 0.3) is 5.91 Å². The highest BCUT2D eigenvalue weighted by Crippen LogP contribution is 2.27. The number of anilines is 2. The van der Waals surface area contributed by atoms with Crippen molar-refractivity contribution in [3.8, 4) is 0 Å². The molecule has 2 rings (SSSR count). The summed E-state index contributed by atoms with van der Waals surface area (Å²) in [5.41, 5.74) is 2.70. The largest absolute Gasteiger partial charge is 0.459 e. The summed E-state index contributed by atoms with van der Waals surface area (Å²) in [6.45, 7) is 8.47. The first-order valence-electron chi connectivity index (χ1n) is 9.69. The fraction of sp³-hybridized carbons (Fsp3) is 0.455. The van der Waals surface area contributed by atoms with Gasteiger partial charge in [-0.2, -0.15) is 0 Å². The molecule has 0 saturated carbocycles. The van der Waals surface area contributed by atoms with Gasteiger partial charge < -0.3 is 19.5 Å². The molecular weight excluding hydrogens is 354 g/mol. The summed E-state index contributed by atoms with van der Waals surface area (Å²) >= 11 is 0. The summed E-state index contributed by atoms with van der Waals surface area (Å²) in [6.07, 6.45) is 1.93. The van der Waals surface area contributed by atoms with Crippen LogP contribution in [0.25, 0.3) is 0 Å². The van der Waals surface area contributed by atoms with Gasteiger partial charge in [-0.3, -0.25) is 9.59 Å². The van der Waals surface area contributed by atoms with Crippen LogP contribution in [0, 0.1) is 5.92 Å². The van der Waals surface area contributed by atoms with Crippen LogP contribution in [-0.2, 0) is 11.3 Å². The predicted molar refractivity (Wildman–Crippen MR) is 113 cm³/mol. The smallest absolute Gasteiger partial charge is 0.290 e. The molecule has 1 aromatic heterocycles. The van der Waals surface area contributed by atoms with E-state index in [-0.39, 0.29) is 23.8 Å². The summed E-state index contributed by atoms with van der Waals surface area (Å²) in [5, 5.41) is 2.90. The van der Waals surface area contributed by atoms with Gasteiger partial charge in [-0.05, 0) is 48.7 Å². The Balaban J connectivity index is 2.41. The van der Waals surface area contributed by atoms with Crippen molar-refractivity contribution in [3.63, 3.8) is 0 Å². The fourth-order valence-electron chi connectivity index (χ4n) is 2.96. The lowest BCUT2D eigenvalue weighted by Gasteiger charge is -2.32. The molecule has 0 saturated heterocycles. The van der Waals surface area contributed by atoms with Crippen molar-refractivity contribution in [1.82, 2.24) is 4.90 Å². The van der Waals surface area contributed by atoms with Gasteiger partial charge in [-0.15, -0.1) is 0 Å². The first-order chi connectivity index (χ1) is 13.2. The zero-order valence-electron chi connectivity index (χ0n) is 17.7. The maximum Gasteiger partial charge on any atom is 0.290 e. The second-order valence-corrected chi connectivity index (χ2v) is 7.53. The lowest BCUT2D eigenvalue weighted by atomic mass is 10.0. The summed E-state index contributed by atoms with van der Waals surface area (Å²) in [6, 6.07) is 9.22. The second kappa shape index (κ2) is 9.44. The van der Waals surface area contributed by atoms with E-state index in [4.69, 9.17) is 4.42 Å². The molecule has 0 bridgehead atoms. The summed E-state index contributed by atoms with van der Waals surface area (Å²) in [7, 11) is 3.93. The predicted octanol–water partition coefficient (Wildman–Crippen LogP) is 4.38. The van der Waals surface area contributed by atoms with Crippen molar-refractivity contribution >= 4 is 23.2 Å². The van der Waals surface area contributed by atoms with Gasteiger partial charge in [0.05, 0.1) is 6.26 Å². The molecule has 1 N–H and O–H groups in total. The zero-order valence-corrected chi connectivity index (χ0v) is 17.7. The monoisotopic (exact) mass is 385 g/mol. The molecule has 0 aliphatic rings. The van der Waals surface area contributed by atoms with Crippen LogP contribution in [0.4, 0.5) is 11.4 Å². The van der Waals surface area contributed by atoms with Crippen LogP contribution in [0.15, 0.2) is 41.0 Å². The van der Waals surface area contributed by atoms with E-state index < -0.39 is 0 Å². The number of hydrogen-bond donors (Lipinski definition) is 1. The lowest BCUT2D eigenvalue weighted by Crippen LogP contribution is -2.41. The first-order valence-corrected chi connectivity index (χ1v) is 9.69. The van der Waals surface area contributed by atoms with Crippen LogP contribution in [0.5, 0.6) is 0 Å². The first kappa shape index (κ1) is 21.5. The topological polar surface area (TPSA) is 65.8 Å². The Morgan fingerprint density at radius 1 is 1.14 bits per heavy atom. The molecule has 6 nitrogen and oxygen atoms in total. The highest BCUT2D eigenvalue weighted by molar-refractivity contribution is 5.92. The molecule has 0 radical (unpaired) electrons. The van der Waals surface area contributed by atoms with E-state index in [0.717, 1.165) is 16.9 Å². The van der Waals surface area contributed by atoms with Crippen LogP contribution in [0.2, 0.25) is 0 Å². The van der Waals surface area contributed by atoms with E-state index in [0.29, 0.717) is 18.7 Å². The van der Waals surface area contributed by atoms with E-state index in [1.165, 1.54) is 6.26 Å². The Bertz CT molecular complexity index is 797. The van der Waals surface area contributed by atoms with Gasteiger partial charge in [0.2, 0.25) is 5.91 Å². The van der Waals surface area contributed by atoms with E-state index in [1.807, 2.05) is 55.9 Å². The number of nitrogens with zero attached hydrogens (tertiary/aromatic N) is 2. The van der Waals surface area contributed by atoms with Gasteiger partial charge in [-0.25, -0.2) is 0 Å². The summed E-state index contributed by atoms with van der Waals surface area (Å²) < 4.78 is 5.35. The molecule has 2 amide bonds. The zero-order chi connectivity index (χ0) is 20.8. The lowest BCUT2D eigenvalue weighted by molar-refractivity contribution is -0.115. The minimum Gasteiger partial charge on any atom is -0.459 e. The molecule has 152 valence electrons. The summed E-state index contributed by atoms with van der Waals surface area (Å²) in [5.74, 6) is 0.431. The van der Waals surface area contributed by atoms with Gasteiger partial charge in [0.1, 0.15) is 0 Å². The third-order valence-corrected chi connectivity index (χ3v) is 4.96. The second-order valence-electron chi connectivity index (χ2n) is 7.53. The minimum absolute atomic E-state index is 0.0153. The van der Waals surface area contributed by atoms with E-state index in [9.17, 15) is 9.59 Å². The van der Waals surface area contributed by atoms with E-state index in [2.05, 4.69) is 19.2 Å². The maximum absolute atomic E-state index is 13.1. The molecule has 0 aliphatic heterocycles. The van der Waals surface area contributed by atoms with Crippen LogP contribution < -0.4 is 10.2 Å².